The fourth-order valence-corrected chi connectivity index (χ4v) is 2.57. The normalized spacial score (nSPS) is 13.7. The molecule has 1 heterocycles. The van der Waals surface area contributed by atoms with Crippen molar-refractivity contribution in [1.82, 2.24) is 0 Å². The van der Waals surface area contributed by atoms with Crippen LogP contribution in [0.25, 0.3) is 0 Å². The van der Waals surface area contributed by atoms with Crippen LogP contribution in [0.3, 0.4) is 0 Å². The molecule has 2 heteroatoms. The SMILES string of the molecule is CC(C)CCC(Br)c1cccs1. The summed E-state index contributed by atoms with van der Waals surface area (Å²) in [5.41, 5.74) is 0. The maximum Gasteiger partial charge on any atom is 0.0489 e. The third-order valence-corrected chi connectivity index (χ3v) is 4.09. The van der Waals surface area contributed by atoms with Gasteiger partial charge in [0.15, 0.2) is 0 Å². The highest BCUT2D eigenvalue weighted by Gasteiger charge is 2.08. The summed E-state index contributed by atoms with van der Waals surface area (Å²) in [7, 11) is 0. The van der Waals surface area contributed by atoms with E-state index in [1.807, 2.05) is 11.3 Å². The van der Waals surface area contributed by atoms with Crippen LogP contribution in [0.5, 0.6) is 0 Å². The Morgan fingerprint density at radius 1 is 1.42 bits per heavy atom. The van der Waals surface area contributed by atoms with Crippen molar-refractivity contribution in [2.45, 2.75) is 31.5 Å². The smallest absolute Gasteiger partial charge is 0.0489 e. The zero-order valence-corrected chi connectivity index (χ0v) is 9.99. The molecule has 0 saturated carbocycles. The molecule has 0 aliphatic heterocycles. The Morgan fingerprint density at radius 2 is 2.17 bits per heavy atom. The monoisotopic (exact) mass is 246 g/mol. The number of rotatable bonds is 4. The molecule has 68 valence electrons. The van der Waals surface area contributed by atoms with Crippen LogP contribution < -0.4 is 0 Å². The van der Waals surface area contributed by atoms with Crippen molar-refractivity contribution < 1.29 is 0 Å². The van der Waals surface area contributed by atoms with E-state index in [-0.39, 0.29) is 0 Å². The molecule has 1 atom stereocenters. The summed E-state index contributed by atoms with van der Waals surface area (Å²) in [5.74, 6) is 0.810. The van der Waals surface area contributed by atoms with Gasteiger partial charge in [0.05, 0.1) is 0 Å². The Kier molecular flexibility index (Phi) is 4.30. The van der Waals surface area contributed by atoms with Crippen molar-refractivity contribution in [3.8, 4) is 0 Å². The lowest BCUT2D eigenvalue weighted by Gasteiger charge is -2.08. The predicted octanol–water partition coefficient (Wildman–Crippen LogP) is 4.62. The molecule has 0 saturated heterocycles. The number of hydrogen-bond donors (Lipinski definition) is 0. The molecule has 1 aromatic heterocycles. The van der Waals surface area contributed by atoms with Gasteiger partial charge < -0.3 is 0 Å². The maximum absolute atomic E-state index is 3.70. The van der Waals surface area contributed by atoms with Crippen LogP contribution in [0.1, 0.15) is 36.4 Å². The molecule has 1 rings (SSSR count). The van der Waals surface area contributed by atoms with Gasteiger partial charge in [0, 0.05) is 9.70 Å². The van der Waals surface area contributed by atoms with Crippen LogP contribution in [-0.4, -0.2) is 0 Å². The first-order chi connectivity index (χ1) is 5.70. The molecule has 0 nitrogen and oxygen atoms in total. The lowest BCUT2D eigenvalue weighted by Crippen LogP contribution is -1.91. The van der Waals surface area contributed by atoms with E-state index in [9.17, 15) is 0 Å². The Hall–Kier alpha value is 0.180. The molecule has 0 aromatic carbocycles. The zero-order valence-electron chi connectivity index (χ0n) is 7.59. The molecule has 0 aliphatic rings. The van der Waals surface area contributed by atoms with Crippen LogP contribution in [-0.2, 0) is 0 Å². The number of hydrogen-bond acceptors (Lipinski definition) is 1. The van der Waals surface area contributed by atoms with Crippen molar-refractivity contribution in [3.05, 3.63) is 22.4 Å². The molecule has 12 heavy (non-hydrogen) atoms. The lowest BCUT2D eigenvalue weighted by atomic mass is 10.1. The first kappa shape index (κ1) is 10.3. The van der Waals surface area contributed by atoms with E-state index in [2.05, 4.69) is 47.3 Å². The Labute approximate surface area is 87.1 Å². The lowest BCUT2D eigenvalue weighted by molar-refractivity contribution is 0.556. The predicted molar refractivity (Wildman–Crippen MR) is 60.1 cm³/mol. The second-order valence-corrected chi connectivity index (χ2v) is 5.54. The van der Waals surface area contributed by atoms with Gasteiger partial charge in [-0.05, 0) is 30.2 Å². The Balaban J connectivity index is 2.34. The summed E-state index contributed by atoms with van der Waals surface area (Å²) >= 11 is 5.54. The molecular weight excluding hydrogens is 232 g/mol. The van der Waals surface area contributed by atoms with Gasteiger partial charge in [-0.1, -0.05) is 35.8 Å². The number of thiophene rings is 1. The van der Waals surface area contributed by atoms with E-state index in [0.717, 1.165) is 5.92 Å². The molecule has 0 amide bonds. The average Bonchev–Trinajstić information content (AvgIpc) is 2.51. The third kappa shape index (κ3) is 3.28. The molecule has 0 aliphatic carbocycles. The highest BCUT2D eigenvalue weighted by molar-refractivity contribution is 9.09. The average molecular weight is 247 g/mol. The minimum absolute atomic E-state index is 0.569. The van der Waals surface area contributed by atoms with E-state index in [1.165, 1.54) is 17.7 Å². The fourth-order valence-electron chi connectivity index (χ4n) is 1.09. The molecule has 1 unspecified atom stereocenters. The van der Waals surface area contributed by atoms with Gasteiger partial charge in [0.1, 0.15) is 0 Å². The topological polar surface area (TPSA) is 0 Å². The quantitative estimate of drug-likeness (QED) is 0.681. The second kappa shape index (κ2) is 5.03. The zero-order chi connectivity index (χ0) is 8.97. The van der Waals surface area contributed by atoms with E-state index in [0.29, 0.717) is 4.83 Å². The summed E-state index contributed by atoms with van der Waals surface area (Å²) in [4.78, 5) is 2.02. The van der Waals surface area contributed by atoms with Gasteiger partial charge in [-0.2, -0.15) is 0 Å². The first-order valence-corrected chi connectivity index (χ1v) is 6.17. The molecule has 0 bridgehead atoms. The standard InChI is InChI=1S/C10H15BrS/c1-8(2)5-6-9(11)10-4-3-7-12-10/h3-4,7-9H,5-6H2,1-2H3. The van der Waals surface area contributed by atoms with E-state index in [4.69, 9.17) is 0 Å². The van der Waals surface area contributed by atoms with Gasteiger partial charge in [0.25, 0.3) is 0 Å². The molecule has 1 aromatic rings. The summed E-state index contributed by atoms with van der Waals surface area (Å²) in [6, 6.07) is 4.31. The molecule has 0 spiro atoms. The van der Waals surface area contributed by atoms with E-state index < -0.39 is 0 Å². The van der Waals surface area contributed by atoms with Crippen molar-refractivity contribution in [2.75, 3.05) is 0 Å². The third-order valence-electron chi connectivity index (χ3n) is 1.85. The van der Waals surface area contributed by atoms with E-state index >= 15 is 0 Å². The van der Waals surface area contributed by atoms with Gasteiger partial charge in [-0.15, -0.1) is 11.3 Å². The molecular formula is C10H15BrS. The summed E-state index contributed by atoms with van der Waals surface area (Å²) < 4.78 is 0. The second-order valence-electron chi connectivity index (χ2n) is 3.45. The Morgan fingerprint density at radius 3 is 2.67 bits per heavy atom. The number of halogens is 1. The van der Waals surface area contributed by atoms with Crippen LogP contribution >= 0.6 is 27.3 Å². The number of alkyl halides is 1. The minimum atomic E-state index is 0.569. The van der Waals surface area contributed by atoms with Gasteiger partial charge in [0.2, 0.25) is 0 Å². The van der Waals surface area contributed by atoms with Crippen molar-refractivity contribution in [3.63, 3.8) is 0 Å². The van der Waals surface area contributed by atoms with E-state index in [1.54, 1.807) is 0 Å². The van der Waals surface area contributed by atoms with Crippen LogP contribution in [0, 0.1) is 5.92 Å². The molecule has 0 N–H and O–H groups in total. The van der Waals surface area contributed by atoms with Crippen LogP contribution in [0.2, 0.25) is 0 Å². The van der Waals surface area contributed by atoms with Gasteiger partial charge >= 0.3 is 0 Å². The molecule has 0 radical (unpaired) electrons. The largest absolute Gasteiger partial charge is 0.148 e. The highest BCUT2D eigenvalue weighted by atomic mass is 79.9. The first-order valence-electron chi connectivity index (χ1n) is 4.37. The minimum Gasteiger partial charge on any atom is -0.148 e. The summed E-state index contributed by atoms with van der Waals surface area (Å²) in [6.07, 6.45) is 2.55. The van der Waals surface area contributed by atoms with Crippen molar-refractivity contribution in [1.29, 1.82) is 0 Å². The van der Waals surface area contributed by atoms with Crippen molar-refractivity contribution in [2.24, 2.45) is 5.92 Å². The summed E-state index contributed by atoms with van der Waals surface area (Å²) in [6.45, 7) is 4.54. The fraction of sp³-hybridized carbons (Fsp3) is 0.600. The van der Waals surface area contributed by atoms with Crippen LogP contribution in [0.4, 0.5) is 0 Å². The Bertz CT molecular complexity index is 204. The highest BCUT2D eigenvalue weighted by Crippen LogP contribution is 2.31. The van der Waals surface area contributed by atoms with Crippen molar-refractivity contribution >= 4 is 27.3 Å². The maximum atomic E-state index is 3.70. The summed E-state index contributed by atoms with van der Waals surface area (Å²) in [5, 5.41) is 2.14. The van der Waals surface area contributed by atoms with Gasteiger partial charge in [-0.3, -0.25) is 0 Å². The molecule has 0 fully saturated rings. The van der Waals surface area contributed by atoms with Crippen LogP contribution in [0.15, 0.2) is 17.5 Å². The van der Waals surface area contributed by atoms with Gasteiger partial charge in [-0.25, -0.2) is 0 Å².